The smallest absolute Gasteiger partial charge is 0.208 e. The summed E-state index contributed by atoms with van der Waals surface area (Å²) in [6.45, 7) is 1.07. The summed E-state index contributed by atoms with van der Waals surface area (Å²) >= 11 is 6.20. The van der Waals surface area contributed by atoms with E-state index in [0.717, 1.165) is 11.4 Å². The van der Waals surface area contributed by atoms with Crippen LogP contribution in [0.4, 0.5) is 5.13 Å². The van der Waals surface area contributed by atoms with Gasteiger partial charge < -0.3 is 5.32 Å². The van der Waals surface area contributed by atoms with Crippen LogP contribution in [0, 0.1) is 3.95 Å². The SMILES string of the molecule is CS(=O)(=O)NCCCNc1n[nH]c(=S)s1. The van der Waals surface area contributed by atoms with Gasteiger partial charge in [-0.2, -0.15) is 0 Å². The number of aromatic amines is 1. The molecule has 0 amide bonds. The second kappa shape index (κ2) is 5.54. The molecule has 6 nitrogen and oxygen atoms in total. The molecule has 0 saturated heterocycles. The van der Waals surface area contributed by atoms with Crippen LogP contribution >= 0.6 is 23.6 Å². The van der Waals surface area contributed by atoms with Crippen LogP contribution in [0.25, 0.3) is 0 Å². The van der Waals surface area contributed by atoms with E-state index in [4.69, 9.17) is 12.2 Å². The van der Waals surface area contributed by atoms with Crippen LogP contribution in [-0.4, -0.2) is 38.0 Å². The molecule has 1 rings (SSSR count). The molecule has 0 unspecified atom stereocenters. The molecule has 3 N–H and O–H groups in total. The van der Waals surface area contributed by atoms with Crippen molar-refractivity contribution in [2.45, 2.75) is 6.42 Å². The lowest BCUT2D eigenvalue weighted by Crippen LogP contribution is -2.24. The Labute approximate surface area is 97.2 Å². The highest BCUT2D eigenvalue weighted by molar-refractivity contribution is 7.88. The minimum atomic E-state index is -3.08. The van der Waals surface area contributed by atoms with E-state index >= 15 is 0 Å². The number of hydrogen-bond acceptors (Lipinski definition) is 6. The normalized spacial score (nSPS) is 11.5. The van der Waals surface area contributed by atoms with Crippen LogP contribution in [0.3, 0.4) is 0 Å². The summed E-state index contributed by atoms with van der Waals surface area (Å²) in [4.78, 5) is 0. The molecular weight excluding hydrogens is 256 g/mol. The first-order valence-corrected chi connectivity index (χ1v) is 7.33. The zero-order valence-corrected chi connectivity index (χ0v) is 10.6. The highest BCUT2D eigenvalue weighted by Gasteiger charge is 1.99. The van der Waals surface area contributed by atoms with Crippen molar-refractivity contribution in [3.05, 3.63) is 3.95 Å². The number of sulfonamides is 1. The Balaban J connectivity index is 2.15. The molecule has 9 heteroatoms. The number of nitrogens with zero attached hydrogens (tertiary/aromatic N) is 1. The van der Waals surface area contributed by atoms with E-state index < -0.39 is 10.0 Å². The van der Waals surface area contributed by atoms with Crippen molar-refractivity contribution < 1.29 is 8.42 Å². The maximum Gasteiger partial charge on any atom is 0.208 e. The number of H-pyrrole nitrogens is 1. The lowest BCUT2D eigenvalue weighted by atomic mass is 10.4. The summed E-state index contributed by atoms with van der Waals surface area (Å²) in [5.41, 5.74) is 0. The molecule has 0 aliphatic rings. The summed E-state index contributed by atoms with van der Waals surface area (Å²) in [5.74, 6) is 0. The Morgan fingerprint density at radius 2 is 2.27 bits per heavy atom. The molecule has 0 saturated carbocycles. The lowest BCUT2D eigenvalue weighted by Gasteiger charge is -2.02. The molecule has 0 atom stereocenters. The van der Waals surface area contributed by atoms with E-state index in [-0.39, 0.29) is 0 Å². The standard InChI is InChI=1S/C6H12N4O2S3/c1-15(11,12)8-4-2-3-7-5-9-10-6(13)14-5/h8H,2-4H2,1H3,(H,7,9)(H,10,13). The summed E-state index contributed by atoms with van der Waals surface area (Å²) in [5, 5.41) is 10.3. The third-order valence-electron chi connectivity index (χ3n) is 1.43. The molecule has 0 aliphatic heterocycles. The van der Waals surface area contributed by atoms with Crippen molar-refractivity contribution in [1.82, 2.24) is 14.9 Å². The largest absolute Gasteiger partial charge is 0.360 e. The van der Waals surface area contributed by atoms with E-state index in [1.54, 1.807) is 0 Å². The second-order valence-electron chi connectivity index (χ2n) is 2.87. The zero-order chi connectivity index (χ0) is 11.3. The molecule has 0 fully saturated rings. The maximum atomic E-state index is 10.7. The maximum absolute atomic E-state index is 10.7. The number of hydrogen-bond donors (Lipinski definition) is 3. The van der Waals surface area contributed by atoms with Crippen molar-refractivity contribution in [3.63, 3.8) is 0 Å². The first-order valence-electron chi connectivity index (χ1n) is 4.21. The van der Waals surface area contributed by atoms with E-state index in [2.05, 4.69) is 20.2 Å². The third kappa shape index (κ3) is 5.82. The van der Waals surface area contributed by atoms with Crippen LogP contribution in [0.1, 0.15) is 6.42 Å². The van der Waals surface area contributed by atoms with Gasteiger partial charge in [-0.1, -0.05) is 11.3 Å². The van der Waals surface area contributed by atoms with E-state index in [0.29, 0.717) is 23.5 Å². The zero-order valence-electron chi connectivity index (χ0n) is 8.11. The van der Waals surface area contributed by atoms with Crippen LogP contribution in [0.5, 0.6) is 0 Å². The Bertz CT molecular complexity index is 449. The lowest BCUT2D eigenvalue weighted by molar-refractivity contribution is 0.586. The van der Waals surface area contributed by atoms with E-state index in [9.17, 15) is 8.42 Å². The van der Waals surface area contributed by atoms with Crippen molar-refractivity contribution in [2.75, 3.05) is 24.7 Å². The van der Waals surface area contributed by atoms with Crippen LogP contribution < -0.4 is 10.0 Å². The molecule has 86 valence electrons. The van der Waals surface area contributed by atoms with Gasteiger partial charge in [0.25, 0.3) is 0 Å². The molecule has 15 heavy (non-hydrogen) atoms. The fourth-order valence-corrected chi connectivity index (χ4v) is 2.18. The molecule has 0 radical (unpaired) electrons. The second-order valence-corrected chi connectivity index (χ2v) is 6.36. The minimum absolute atomic E-state index is 0.418. The summed E-state index contributed by atoms with van der Waals surface area (Å²) in [6.07, 6.45) is 1.83. The number of anilines is 1. The van der Waals surface area contributed by atoms with Gasteiger partial charge in [0.15, 0.2) is 3.95 Å². The van der Waals surface area contributed by atoms with Crippen molar-refractivity contribution in [1.29, 1.82) is 0 Å². The van der Waals surface area contributed by atoms with E-state index in [1.165, 1.54) is 11.3 Å². The average Bonchev–Trinajstić information content (AvgIpc) is 2.49. The summed E-state index contributed by atoms with van der Waals surface area (Å²) in [7, 11) is -3.08. The molecule has 0 spiro atoms. The van der Waals surface area contributed by atoms with Gasteiger partial charge in [0.05, 0.1) is 6.26 Å². The highest BCUT2D eigenvalue weighted by atomic mass is 32.2. The summed E-state index contributed by atoms with van der Waals surface area (Å²) in [6, 6.07) is 0. The monoisotopic (exact) mass is 268 g/mol. The number of aromatic nitrogens is 2. The fraction of sp³-hybridized carbons (Fsp3) is 0.667. The van der Waals surface area contributed by atoms with Crippen molar-refractivity contribution in [3.8, 4) is 0 Å². The average molecular weight is 268 g/mol. The Morgan fingerprint density at radius 3 is 2.80 bits per heavy atom. The Hall–Kier alpha value is -0.510. The minimum Gasteiger partial charge on any atom is -0.360 e. The van der Waals surface area contributed by atoms with Crippen molar-refractivity contribution in [2.24, 2.45) is 0 Å². The van der Waals surface area contributed by atoms with Crippen LogP contribution in [0.15, 0.2) is 0 Å². The molecule has 1 aromatic rings. The molecule has 1 heterocycles. The van der Waals surface area contributed by atoms with Gasteiger partial charge in [0.1, 0.15) is 0 Å². The first-order chi connectivity index (χ1) is 6.97. The van der Waals surface area contributed by atoms with Gasteiger partial charge in [-0.15, -0.1) is 5.10 Å². The molecule has 0 bridgehead atoms. The fourth-order valence-electron chi connectivity index (χ4n) is 0.847. The van der Waals surface area contributed by atoms with E-state index in [1.807, 2.05) is 0 Å². The van der Waals surface area contributed by atoms with Crippen molar-refractivity contribution >= 4 is 38.7 Å². The van der Waals surface area contributed by atoms with Gasteiger partial charge in [-0.25, -0.2) is 13.1 Å². The molecular formula is C6H12N4O2S3. The van der Waals surface area contributed by atoms with Gasteiger partial charge in [0.2, 0.25) is 15.2 Å². The Kier molecular flexibility index (Phi) is 4.64. The predicted octanol–water partition coefficient (Wildman–Crippen LogP) is 0.552. The molecule has 1 aromatic heterocycles. The van der Waals surface area contributed by atoms with Gasteiger partial charge in [-0.3, -0.25) is 5.10 Å². The number of rotatable bonds is 6. The Morgan fingerprint density at radius 1 is 1.53 bits per heavy atom. The predicted molar refractivity (Wildman–Crippen MR) is 63.3 cm³/mol. The topological polar surface area (TPSA) is 86.9 Å². The van der Waals surface area contributed by atoms with Gasteiger partial charge in [-0.05, 0) is 18.6 Å². The molecule has 0 aliphatic carbocycles. The van der Waals surface area contributed by atoms with Gasteiger partial charge >= 0.3 is 0 Å². The third-order valence-corrected chi connectivity index (χ3v) is 3.21. The first kappa shape index (κ1) is 12.6. The summed E-state index contributed by atoms with van der Waals surface area (Å²) < 4.78 is 24.4. The number of nitrogens with one attached hydrogen (secondary N) is 3. The highest BCUT2D eigenvalue weighted by Crippen LogP contribution is 2.09. The van der Waals surface area contributed by atoms with Crippen LogP contribution in [-0.2, 0) is 10.0 Å². The quantitative estimate of drug-likeness (QED) is 0.518. The van der Waals surface area contributed by atoms with Crippen LogP contribution in [0.2, 0.25) is 0 Å². The van der Waals surface area contributed by atoms with Gasteiger partial charge in [0, 0.05) is 13.1 Å². The molecule has 0 aromatic carbocycles.